The molecule has 0 saturated heterocycles. The lowest BCUT2D eigenvalue weighted by Crippen LogP contribution is -2.43. The number of benzene rings is 3. The summed E-state index contributed by atoms with van der Waals surface area (Å²) in [6.07, 6.45) is -0.116. The maximum absolute atomic E-state index is 6.50. The molecule has 0 bridgehead atoms. The third-order valence-electron chi connectivity index (χ3n) is 5.75. The first-order valence-electron chi connectivity index (χ1n) is 10.2. The molecule has 2 heterocycles. The van der Waals surface area contributed by atoms with E-state index >= 15 is 0 Å². The standard InChI is InChI=1S/C25H23ClN2O2/c1-17(24-16-29-22-13-7-8-14-23(22)30-24)25-27-21(19-11-5-6-12-20(19)26)15-28(25)18-9-3-2-4-10-18/h2-14,17,21,24H,15-16H2,1H3. The summed E-state index contributed by atoms with van der Waals surface area (Å²) >= 11 is 6.50. The molecular formula is C25H23ClN2O2. The molecule has 5 heteroatoms. The van der Waals surface area contributed by atoms with Crippen molar-refractivity contribution < 1.29 is 9.47 Å². The number of rotatable bonds is 4. The van der Waals surface area contributed by atoms with Crippen molar-refractivity contribution in [2.24, 2.45) is 10.9 Å². The molecule has 2 aliphatic rings. The Morgan fingerprint density at radius 2 is 1.63 bits per heavy atom. The van der Waals surface area contributed by atoms with Crippen LogP contribution in [0.2, 0.25) is 5.02 Å². The van der Waals surface area contributed by atoms with Crippen LogP contribution < -0.4 is 14.4 Å². The van der Waals surface area contributed by atoms with Gasteiger partial charge in [0.15, 0.2) is 11.5 Å². The first-order valence-corrected chi connectivity index (χ1v) is 10.6. The van der Waals surface area contributed by atoms with Crippen LogP contribution in [-0.4, -0.2) is 25.1 Å². The molecular weight excluding hydrogens is 396 g/mol. The fraction of sp³-hybridized carbons (Fsp3) is 0.240. The Morgan fingerprint density at radius 1 is 0.933 bits per heavy atom. The van der Waals surface area contributed by atoms with Crippen molar-refractivity contribution in [3.8, 4) is 11.5 Å². The number of amidine groups is 1. The summed E-state index contributed by atoms with van der Waals surface area (Å²) < 4.78 is 12.3. The molecule has 3 unspecified atom stereocenters. The molecule has 0 aliphatic carbocycles. The maximum atomic E-state index is 6.50. The Bertz CT molecular complexity index is 1070. The van der Waals surface area contributed by atoms with Gasteiger partial charge in [0.1, 0.15) is 18.5 Å². The molecule has 0 saturated carbocycles. The molecule has 3 aromatic carbocycles. The molecule has 152 valence electrons. The van der Waals surface area contributed by atoms with Crippen LogP contribution in [0.5, 0.6) is 11.5 Å². The van der Waals surface area contributed by atoms with Crippen LogP contribution in [0, 0.1) is 5.92 Å². The SMILES string of the molecule is CC(C1=NC(c2ccccc2Cl)CN1c1ccccc1)C1COc2ccccc2O1. The van der Waals surface area contributed by atoms with Gasteiger partial charge in [-0.25, -0.2) is 0 Å². The molecule has 2 aliphatic heterocycles. The average molecular weight is 419 g/mol. The van der Waals surface area contributed by atoms with E-state index in [1.165, 1.54) is 0 Å². The summed E-state index contributed by atoms with van der Waals surface area (Å²) in [5, 5.41) is 0.749. The second-order valence-corrected chi connectivity index (χ2v) is 8.08. The lowest BCUT2D eigenvalue weighted by molar-refractivity contribution is 0.0717. The van der Waals surface area contributed by atoms with Crippen molar-refractivity contribution in [2.45, 2.75) is 19.1 Å². The Balaban J connectivity index is 1.48. The zero-order chi connectivity index (χ0) is 20.5. The number of halogens is 1. The van der Waals surface area contributed by atoms with Gasteiger partial charge in [-0.05, 0) is 35.9 Å². The van der Waals surface area contributed by atoms with Crippen molar-refractivity contribution in [3.05, 3.63) is 89.4 Å². The van der Waals surface area contributed by atoms with Gasteiger partial charge in [0, 0.05) is 10.7 Å². The van der Waals surface area contributed by atoms with E-state index in [0.29, 0.717) is 6.61 Å². The molecule has 0 fully saturated rings. The minimum atomic E-state index is -0.116. The first-order chi connectivity index (χ1) is 14.7. The quantitative estimate of drug-likeness (QED) is 0.538. The monoisotopic (exact) mass is 418 g/mol. The molecule has 0 N–H and O–H groups in total. The van der Waals surface area contributed by atoms with Gasteiger partial charge < -0.3 is 14.4 Å². The zero-order valence-electron chi connectivity index (χ0n) is 16.7. The van der Waals surface area contributed by atoms with E-state index < -0.39 is 0 Å². The van der Waals surface area contributed by atoms with E-state index in [9.17, 15) is 0 Å². The van der Waals surface area contributed by atoms with Gasteiger partial charge in [0.25, 0.3) is 0 Å². The minimum absolute atomic E-state index is 0.0202. The van der Waals surface area contributed by atoms with E-state index in [-0.39, 0.29) is 18.1 Å². The Hall–Kier alpha value is -2.98. The van der Waals surface area contributed by atoms with Crippen molar-refractivity contribution in [1.82, 2.24) is 0 Å². The highest BCUT2D eigenvalue weighted by atomic mass is 35.5. The van der Waals surface area contributed by atoms with Crippen LogP contribution in [0.15, 0.2) is 83.9 Å². The van der Waals surface area contributed by atoms with Crippen LogP contribution in [0.25, 0.3) is 0 Å². The van der Waals surface area contributed by atoms with Crippen molar-refractivity contribution in [2.75, 3.05) is 18.1 Å². The van der Waals surface area contributed by atoms with Gasteiger partial charge in [-0.2, -0.15) is 0 Å². The van der Waals surface area contributed by atoms with Gasteiger partial charge in [-0.1, -0.05) is 67.1 Å². The predicted octanol–water partition coefficient (Wildman–Crippen LogP) is 5.78. The summed E-state index contributed by atoms with van der Waals surface area (Å²) in [5.74, 6) is 2.63. The molecule has 0 spiro atoms. The molecule has 5 rings (SSSR count). The van der Waals surface area contributed by atoms with Gasteiger partial charge in [0.2, 0.25) is 0 Å². The van der Waals surface area contributed by atoms with Crippen LogP contribution in [-0.2, 0) is 0 Å². The van der Waals surface area contributed by atoms with Gasteiger partial charge in [-0.15, -0.1) is 0 Å². The minimum Gasteiger partial charge on any atom is -0.486 e. The second-order valence-electron chi connectivity index (χ2n) is 7.67. The molecule has 30 heavy (non-hydrogen) atoms. The molecule has 3 aromatic rings. The molecule has 0 amide bonds. The smallest absolute Gasteiger partial charge is 0.161 e. The highest BCUT2D eigenvalue weighted by molar-refractivity contribution is 6.31. The number of hydrogen-bond acceptors (Lipinski definition) is 4. The number of anilines is 1. The van der Waals surface area contributed by atoms with E-state index in [2.05, 4.69) is 42.2 Å². The third-order valence-corrected chi connectivity index (χ3v) is 6.09. The fourth-order valence-electron chi connectivity index (χ4n) is 4.11. The molecule has 0 radical (unpaired) electrons. The molecule has 3 atom stereocenters. The van der Waals surface area contributed by atoms with Crippen molar-refractivity contribution in [3.63, 3.8) is 0 Å². The largest absolute Gasteiger partial charge is 0.486 e. The van der Waals surface area contributed by atoms with Crippen LogP contribution >= 0.6 is 11.6 Å². The average Bonchev–Trinajstić information content (AvgIpc) is 3.24. The maximum Gasteiger partial charge on any atom is 0.161 e. The molecule has 0 aromatic heterocycles. The van der Waals surface area contributed by atoms with Crippen molar-refractivity contribution in [1.29, 1.82) is 0 Å². The van der Waals surface area contributed by atoms with E-state index in [4.69, 9.17) is 26.1 Å². The first kappa shape index (κ1) is 19.0. The van der Waals surface area contributed by atoms with Gasteiger partial charge in [-0.3, -0.25) is 4.99 Å². The van der Waals surface area contributed by atoms with E-state index in [0.717, 1.165) is 40.2 Å². The lowest BCUT2D eigenvalue weighted by Gasteiger charge is -2.33. The summed E-state index contributed by atoms with van der Waals surface area (Å²) in [6, 6.07) is 26.1. The second kappa shape index (κ2) is 8.04. The number of ether oxygens (including phenoxy) is 2. The summed E-state index contributed by atoms with van der Waals surface area (Å²) in [6.45, 7) is 3.40. The summed E-state index contributed by atoms with van der Waals surface area (Å²) in [7, 11) is 0. The van der Waals surface area contributed by atoms with E-state index in [1.54, 1.807) is 0 Å². The van der Waals surface area contributed by atoms with Crippen LogP contribution in [0.3, 0.4) is 0 Å². The summed E-state index contributed by atoms with van der Waals surface area (Å²) in [4.78, 5) is 7.41. The zero-order valence-corrected chi connectivity index (χ0v) is 17.5. The topological polar surface area (TPSA) is 34.1 Å². The predicted molar refractivity (Wildman–Crippen MR) is 121 cm³/mol. The van der Waals surface area contributed by atoms with Crippen LogP contribution in [0.4, 0.5) is 5.69 Å². The Morgan fingerprint density at radius 3 is 2.43 bits per heavy atom. The highest BCUT2D eigenvalue weighted by Crippen LogP contribution is 2.37. The van der Waals surface area contributed by atoms with Gasteiger partial charge >= 0.3 is 0 Å². The van der Waals surface area contributed by atoms with E-state index in [1.807, 2.05) is 48.5 Å². The number of hydrogen-bond donors (Lipinski definition) is 0. The number of para-hydroxylation sites is 3. The van der Waals surface area contributed by atoms with Crippen LogP contribution in [0.1, 0.15) is 18.5 Å². The Labute approximate surface area is 181 Å². The Kier molecular flexibility index (Phi) is 5.09. The van der Waals surface area contributed by atoms with Gasteiger partial charge in [0.05, 0.1) is 18.5 Å². The number of fused-ring (bicyclic) bond motifs is 1. The number of aliphatic imine (C=N–C) groups is 1. The summed E-state index contributed by atoms with van der Waals surface area (Å²) in [5.41, 5.74) is 2.17. The highest BCUT2D eigenvalue weighted by Gasteiger charge is 2.37. The lowest BCUT2D eigenvalue weighted by atomic mass is 10.0. The molecule has 4 nitrogen and oxygen atoms in total. The van der Waals surface area contributed by atoms with Crippen molar-refractivity contribution >= 4 is 23.1 Å². The normalized spacial score (nSPS) is 21.3. The fourth-order valence-corrected chi connectivity index (χ4v) is 4.37. The number of nitrogens with zero attached hydrogens (tertiary/aromatic N) is 2. The third kappa shape index (κ3) is 3.52.